The molecule has 0 aliphatic rings. The van der Waals surface area contributed by atoms with Crippen molar-refractivity contribution in [3.05, 3.63) is 95.9 Å². The molecule has 0 heterocycles. The lowest BCUT2D eigenvalue weighted by atomic mass is 9.82. The minimum absolute atomic E-state index is 0.159. The van der Waals surface area contributed by atoms with Gasteiger partial charge in [0.1, 0.15) is 0 Å². The summed E-state index contributed by atoms with van der Waals surface area (Å²) in [7, 11) is -5.39. The van der Waals surface area contributed by atoms with E-state index in [-0.39, 0.29) is 10.8 Å². The number of hydrogen-bond acceptors (Lipinski definition) is 3. The van der Waals surface area contributed by atoms with Gasteiger partial charge < -0.3 is 0 Å². The summed E-state index contributed by atoms with van der Waals surface area (Å²) in [6.07, 6.45) is 1.68. The third kappa shape index (κ3) is 5.91. The van der Waals surface area contributed by atoms with Crippen LogP contribution in [0.1, 0.15) is 65.5 Å². The zero-order valence-electron chi connectivity index (χ0n) is 21.9. The topological polar surface area (TPSA) is 43.4 Å². The molecular formula is C28H30F5IO3S+. The Morgan fingerprint density at radius 2 is 0.947 bits per heavy atom. The summed E-state index contributed by atoms with van der Waals surface area (Å²) in [5.41, 5.74) is 1.66. The van der Waals surface area contributed by atoms with Crippen molar-refractivity contribution in [1.82, 2.24) is 0 Å². The van der Waals surface area contributed by atoms with Crippen LogP contribution in [0.2, 0.25) is 0 Å². The standard InChI is InChI=1S/C28H30F5IO3S/c1-7-27(3,4)17-9-13-19(14-10-17)34(20-15-11-18(12-16-20)28(5,6)8-2)37-38(35,36)26-24(32)22(30)21(29)23(31)25(26)33/h9-16H,7-8H2,1-6H3/q+1. The zero-order chi connectivity index (χ0) is 28.6. The van der Waals surface area contributed by atoms with Crippen molar-refractivity contribution in [1.29, 1.82) is 0 Å². The first-order valence-corrected chi connectivity index (χ1v) is 16.4. The average Bonchev–Trinajstić information content (AvgIpc) is 2.89. The first-order valence-electron chi connectivity index (χ1n) is 11.9. The molecule has 0 spiro atoms. The van der Waals surface area contributed by atoms with Crippen LogP contribution in [0.3, 0.4) is 0 Å². The number of rotatable bonds is 9. The highest BCUT2D eigenvalue weighted by Gasteiger charge is 2.43. The summed E-state index contributed by atoms with van der Waals surface area (Å²) in [4.78, 5) is -2.00. The molecule has 10 heteroatoms. The lowest BCUT2D eigenvalue weighted by Crippen LogP contribution is -3.85. The number of hydrogen-bond donors (Lipinski definition) is 0. The summed E-state index contributed by atoms with van der Waals surface area (Å²) in [6.45, 7) is 12.3. The highest BCUT2D eigenvalue weighted by atomic mass is 127. The van der Waals surface area contributed by atoms with Crippen LogP contribution in [0.15, 0.2) is 53.4 Å². The van der Waals surface area contributed by atoms with Crippen LogP contribution in [0.25, 0.3) is 0 Å². The van der Waals surface area contributed by atoms with Crippen LogP contribution in [0.4, 0.5) is 22.0 Å². The van der Waals surface area contributed by atoms with Crippen molar-refractivity contribution in [2.75, 3.05) is 0 Å². The molecule has 207 valence electrons. The van der Waals surface area contributed by atoms with Crippen LogP contribution in [-0.4, -0.2) is 8.42 Å². The highest BCUT2D eigenvalue weighted by molar-refractivity contribution is 7.86. The maximum Gasteiger partial charge on any atom is 0.342 e. The Kier molecular flexibility index (Phi) is 8.99. The second kappa shape index (κ2) is 11.2. The maximum absolute atomic E-state index is 14.4. The fourth-order valence-corrected chi connectivity index (χ4v) is 10.5. The van der Waals surface area contributed by atoms with E-state index in [2.05, 4.69) is 27.7 Å². The van der Waals surface area contributed by atoms with Gasteiger partial charge in [-0.3, -0.25) is 0 Å². The molecule has 0 atom stereocenters. The SMILES string of the molecule is CCC(C)(C)c1ccc([I+](OS(=O)(=O)c2c(F)c(F)c(F)c(F)c2F)c2ccc(C(C)(C)CC)cc2)cc1. The molecule has 0 aliphatic carbocycles. The maximum atomic E-state index is 14.4. The molecule has 0 saturated heterocycles. The highest BCUT2D eigenvalue weighted by Crippen LogP contribution is 2.28. The van der Waals surface area contributed by atoms with E-state index in [0.29, 0.717) is 7.14 Å². The molecule has 1 radical (unpaired) electrons. The predicted molar refractivity (Wildman–Crippen MR) is 131 cm³/mol. The van der Waals surface area contributed by atoms with E-state index in [0.717, 1.165) is 24.0 Å². The van der Waals surface area contributed by atoms with E-state index >= 15 is 0 Å². The molecule has 3 nitrogen and oxygen atoms in total. The van der Waals surface area contributed by atoms with Gasteiger partial charge in [0.2, 0.25) is 5.82 Å². The summed E-state index contributed by atoms with van der Waals surface area (Å²) < 4.78 is 103. The van der Waals surface area contributed by atoms with Gasteiger partial charge in [-0.1, -0.05) is 65.8 Å². The van der Waals surface area contributed by atoms with E-state index in [1.165, 1.54) is 0 Å². The lowest BCUT2D eigenvalue weighted by molar-refractivity contribution is -1.03. The smallest absolute Gasteiger partial charge is 0.202 e. The molecule has 0 aromatic heterocycles. The average molecular weight is 669 g/mol. The van der Waals surface area contributed by atoms with Gasteiger partial charge in [-0.15, -0.1) is 0 Å². The number of halogens is 6. The Balaban J connectivity index is 2.16. The molecule has 0 bridgehead atoms. The Morgan fingerprint density at radius 1 is 0.632 bits per heavy atom. The van der Waals surface area contributed by atoms with Crippen molar-refractivity contribution >= 4 is 10.1 Å². The van der Waals surface area contributed by atoms with Crippen LogP contribution < -0.4 is 20.2 Å². The summed E-state index contributed by atoms with van der Waals surface area (Å²) in [5.74, 6) is -12.1. The second-order valence-corrected chi connectivity index (χ2v) is 16.6. The predicted octanol–water partition coefficient (Wildman–Crippen LogP) is 4.74. The Bertz CT molecular complexity index is 1330. The van der Waals surface area contributed by atoms with Gasteiger partial charge in [0.05, 0.1) is 0 Å². The summed E-state index contributed by atoms with van der Waals surface area (Å²) >= 11 is -3.49. The van der Waals surface area contributed by atoms with Crippen LogP contribution >= 0.6 is 0 Å². The lowest BCUT2D eigenvalue weighted by Gasteiger charge is -2.23. The fraction of sp³-hybridized carbons (Fsp3) is 0.357. The molecule has 0 aliphatic heterocycles. The van der Waals surface area contributed by atoms with E-state index in [1.54, 1.807) is 24.3 Å². The molecule has 0 fully saturated rings. The van der Waals surface area contributed by atoms with Gasteiger partial charge in [-0.2, -0.15) is 8.42 Å². The van der Waals surface area contributed by atoms with Gasteiger partial charge >= 0.3 is 30.4 Å². The van der Waals surface area contributed by atoms with Gasteiger partial charge in [0.15, 0.2) is 35.3 Å². The molecule has 0 saturated carbocycles. The largest absolute Gasteiger partial charge is 0.342 e. The van der Waals surface area contributed by atoms with Crippen molar-refractivity contribution < 1.29 is 53.1 Å². The minimum Gasteiger partial charge on any atom is -0.202 e. The Morgan fingerprint density at radius 3 is 1.26 bits per heavy atom. The van der Waals surface area contributed by atoms with E-state index in [9.17, 15) is 30.4 Å². The first-order chi connectivity index (χ1) is 17.6. The Labute approximate surface area is 228 Å². The van der Waals surface area contributed by atoms with Gasteiger partial charge in [0.25, 0.3) is 0 Å². The molecule has 3 rings (SSSR count). The Hall–Kier alpha value is -2.05. The molecule has 0 unspecified atom stereocenters. The van der Waals surface area contributed by atoms with Gasteiger partial charge in [-0.25, -0.2) is 22.0 Å². The second-order valence-electron chi connectivity index (χ2n) is 10.2. The fourth-order valence-electron chi connectivity index (χ4n) is 3.56. The van der Waals surface area contributed by atoms with E-state index < -0.39 is 64.3 Å². The van der Waals surface area contributed by atoms with Gasteiger partial charge in [-0.05, 0) is 61.6 Å². The molecule has 3 aromatic carbocycles. The molecule has 38 heavy (non-hydrogen) atoms. The number of benzene rings is 3. The molecular weight excluding hydrogens is 638 g/mol. The quantitative estimate of drug-likeness (QED) is 0.143. The van der Waals surface area contributed by atoms with Gasteiger partial charge in [0, 0.05) is 0 Å². The van der Waals surface area contributed by atoms with Crippen LogP contribution in [-0.2, 0) is 23.5 Å². The summed E-state index contributed by atoms with van der Waals surface area (Å²) in [5, 5.41) is 0. The minimum atomic E-state index is -5.39. The normalized spacial score (nSPS) is 12.8. The van der Waals surface area contributed by atoms with Crippen molar-refractivity contribution in [2.24, 2.45) is 0 Å². The summed E-state index contributed by atoms with van der Waals surface area (Å²) in [6, 6.07) is 14.1. The van der Waals surface area contributed by atoms with E-state index in [1.807, 2.05) is 38.1 Å². The third-order valence-electron chi connectivity index (χ3n) is 6.98. The van der Waals surface area contributed by atoms with Crippen molar-refractivity contribution in [3.8, 4) is 0 Å². The van der Waals surface area contributed by atoms with Crippen LogP contribution in [0, 0.1) is 36.2 Å². The molecule has 0 amide bonds. The third-order valence-corrected chi connectivity index (χ3v) is 14.3. The van der Waals surface area contributed by atoms with Crippen molar-refractivity contribution in [3.63, 3.8) is 0 Å². The van der Waals surface area contributed by atoms with Crippen LogP contribution in [0.5, 0.6) is 0 Å². The molecule has 0 N–H and O–H groups in total. The van der Waals surface area contributed by atoms with Crippen molar-refractivity contribution in [2.45, 2.75) is 70.1 Å². The monoisotopic (exact) mass is 668 g/mol. The molecule has 3 aromatic rings. The zero-order valence-corrected chi connectivity index (χ0v) is 24.9. The van der Waals surface area contributed by atoms with E-state index in [4.69, 9.17) is 2.51 Å². The first kappa shape index (κ1) is 30.5.